The lowest BCUT2D eigenvalue weighted by molar-refractivity contribution is -0.142. The highest BCUT2D eigenvalue weighted by atomic mass is 31.2. The molecule has 3 aromatic carbocycles. The summed E-state index contributed by atoms with van der Waals surface area (Å²) in [7, 11) is -3.14. The largest absolute Gasteiger partial charge is 0.469 e. The van der Waals surface area contributed by atoms with Crippen LogP contribution in [0.25, 0.3) is 0 Å². The Balaban J connectivity index is 2.05. The average molecular weight is 536 g/mol. The molecule has 6 heteroatoms. The minimum atomic E-state index is -2.30. The van der Waals surface area contributed by atoms with Crippen LogP contribution in [0.15, 0.2) is 91.0 Å². The van der Waals surface area contributed by atoms with Crippen LogP contribution in [0.1, 0.15) is 33.6 Å². The Morgan fingerprint density at radius 1 is 0.757 bits per heavy atom. The number of hydrogen-bond acceptors (Lipinski definition) is 4. The summed E-state index contributed by atoms with van der Waals surface area (Å²) >= 11 is 0. The monoisotopic (exact) mass is 535 g/mol. The first kappa shape index (κ1) is 29.0. The van der Waals surface area contributed by atoms with Gasteiger partial charge >= 0.3 is 5.97 Å². The third kappa shape index (κ3) is 7.04. The van der Waals surface area contributed by atoms with Gasteiger partial charge in [0.1, 0.15) is 29.3 Å². The Morgan fingerprint density at radius 3 is 1.51 bits per heavy atom. The fourth-order valence-electron chi connectivity index (χ4n) is 4.37. The summed E-state index contributed by atoms with van der Waals surface area (Å²) < 4.78 is 11.6. The van der Waals surface area contributed by atoms with Crippen molar-refractivity contribution in [2.24, 2.45) is 0 Å². The molecule has 0 N–H and O–H groups in total. The first-order valence-corrected chi connectivity index (χ1v) is 17.7. The Morgan fingerprint density at radius 2 is 1.16 bits per heavy atom. The number of esters is 1. The molecule has 0 aliphatic heterocycles. The van der Waals surface area contributed by atoms with Crippen LogP contribution >= 0.6 is 7.26 Å². The molecule has 0 heterocycles. The van der Waals surface area contributed by atoms with Gasteiger partial charge in [0.25, 0.3) is 0 Å². The molecule has 0 unspecified atom stereocenters. The van der Waals surface area contributed by atoms with Crippen LogP contribution in [0.2, 0.25) is 18.1 Å². The quantitative estimate of drug-likeness (QED) is 0.174. The van der Waals surface area contributed by atoms with Crippen LogP contribution < -0.4 is 15.9 Å². The number of rotatable bonds is 11. The number of carbonyl (C=O) groups excluding carboxylic acids is 2. The normalized spacial score (nSPS) is 13.1. The summed E-state index contributed by atoms with van der Waals surface area (Å²) in [6.45, 7) is 10.8. The van der Waals surface area contributed by atoms with Crippen LogP contribution in [0.4, 0.5) is 0 Å². The fraction of sp³-hybridized carbons (Fsp3) is 0.355. The molecule has 3 rings (SSSR count). The van der Waals surface area contributed by atoms with Crippen molar-refractivity contribution >= 4 is 43.2 Å². The zero-order chi connectivity index (χ0) is 27.1. The molecular weight excluding hydrogens is 495 g/mol. The van der Waals surface area contributed by atoms with E-state index >= 15 is 0 Å². The van der Waals surface area contributed by atoms with Gasteiger partial charge < -0.3 is 9.16 Å². The average Bonchev–Trinajstić information content (AvgIpc) is 2.87. The van der Waals surface area contributed by atoms with Crippen LogP contribution in [0.3, 0.4) is 0 Å². The maximum Gasteiger partial charge on any atom is 0.308 e. The number of ketones is 1. The molecule has 0 aliphatic carbocycles. The predicted molar refractivity (Wildman–Crippen MR) is 158 cm³/mol. The van der Waals surface area contributed by atoms with Gasteiger partial charge in [-0.05, 0) is 54.5 Å². The number of hydrogen-bond donors (Lipinski definition) is 0. The molecule has 0 spiro atoms. The molecule has 0 aliphatic rings. The van der Waals surface area contributed by atoms with Crippen LogP contribution in [-0.2, 0) is 18.8 Å². The summed E-state index contributed by atoms with van der Waals surface area (Å²) in [5.74, 6) is -0.260. The van der Waals surface area contributed by atoms with Gasteiger partial charge in [0.15, 0.2) is 14.1 Å². The van der Waals surface area contributed by atoms with Crippen LogP contribution in [0, 0.1) is 0 Å². The Hall–Kier alpha value is -2.59. The second kappa shape index (κ2) is 12.3. The van der Waals surface area contributed by atoms with E-state index in [1.807, 2.05) is 54.6 Å². The maximum atomic E-state index is 14.0. The topological polar surface area (TPSA) is 52.6 Å². The highest BCUT2D eigenvalue weighted by molar-refractivity contribution is 7.96. The van der Waals surface area contributed by atoms with Gasteiger partial charge in [-0.15, -0.1) is 0 Å². The van der Waals surface area contributed by atoms with E-state index in [9.17, 15) is 9.59 Å². The van der Waals surface area contributed by atoms with Gasteiger partial charge in [-0.3, -0.25) is 9.59 Å². The minimum absolute atomic E-state index is 0.0424. The van der Waals surface area contributed by atoms with Crippen molar-refractivity contribution in [1.29, 1.82) is 0 Å². The van der Waals surface area contributed by atoms with E-state index in [0.29, 0.717) is 6.16 Å². The second-order valence-electron chi connectivity index (χ2n) is 11.0. The van der Waals surface area contributed by atoms with Crippen LogP contribution in [-0.4, -0.2) is 39.4 Å². The first-order chi connectivity index (χ1) is 17.5. The highest BCUT2D eigenvalue weighted by Gasteiger charge is 2.48. The van der Waals surface area contributed by atoms with Gasteiger partial charge in [0.2, 0.25) is 0 Å². The Kier molecular flexibility index (Phi) is 9.63. The van der Waals surface area contributed by atoms with Crippen LogP contribution in [0.5, 0.6) is 0 Å². The van der Waals surface area contributed by atoms with E-state index in [1.165, 1.54) is 7.11 Å². The molecule has 1 atom stereocenters. The zero-order valence-electron chi connectivity index (χ0n) is 22.9. The third-order valence-corrected chi connectivity index (χ3v) is 16.3. The molecule has 0 bridgehead atoms. The molecule has 37 heavy (non-hydrogen) atoms. The lowest BCUT2D eigenvalue weighted by atomic mass is 10.1. The molecule has 0 saturated heterocycles. The van der Waals surface area contributed by atoms with Gasteiger partial charge in [-0.2, -0.15) is 0 Å². The van der Waals surface area contributed by atoms with E-state index in [-0.39, 0.29) is 29.6 Å². The summed E-state index contributed by atoms with van der Waals surface area (Å²) in [5.41, 5.74) is 0. The minimum Gasteiger partial charge on any atom is -0.469 e. The lowest BCUT2D eigenvalue weighted by Gasteiger charge is -2.39. The number of carbonyl (C=O) groups is 2. The number of methoxy groups -OCH3 is 1. The van der Waals surface area contributed by atoms with Crippen molar-refractivity contribution < 1.29 is 18.8 Å². The van der Waals surface area contributed by atoms with Crippen molar-refractivity contribution in [3.8, 4) is 0 Å². The zero-order valence-corrected chi connectivity index (χ0v) is 24.8. The predicted octanol–water partition coefficient (Wildman–Crippen LogP) is 5.89. The van der Waals surface area contributed by atoms with Crippen molar-refractivity contribution in [2.45, 2.75) is 57.8 Å². The van der Waals surface area contributed by atoms with Gasteiger partial charge in [0.05, 0.1) is 19.6 Å². The standard InChI is InChI=1S/C31H40O4PSi/c1-31(2,3)37(5,6)35-26(23-30(33)34-4)22-25(32)24-36(27-16-10-7-11-17-27,28-18-12-8-13-19-28)29-20-14-9-15-21-29/h7-21,26H,22-24H2,1-6H3/q+1/t26-/m0/s1. The molecule has 0 fully saturated rings. The highest BCUT2D eigenvalue weighted by Crippen LogP contribution is 2.55. The smallest absolute Gasteiger partial charge is 0.308 e. The van der Waals surface area contributed by atoms with E-state index < -0.39 is 21.7 Å². The molecule has 0 saturated carbocycles. The van der Waals surface area contributed by atoms with Gasteiger partial charge in [0, 0.05) is 6.42 Å². The fourth-order valence-corrected chi connectivity index (χ4v) is 9.87. The maximum absolute atomic E-state index is 14.0. The summed E-state index contributed by atoms with van der Waals surface area (Å²) in [5, 5.41) is 3.45. The summed E-state index contributed by atoms with van der Waals surface area (Å²) in [6, 6.07) is 31.1. The molecule has 4 nitrogen and oxygen atoms in total. The van der Waals surface area contributed by atoms with Gasteiger partial charge in [-0.1, -0.05) is 75.4 Å². The van der Waals surface area contributed by atoms with E-state index in [4.69, 9.17) is 9.16 Å². The molecule has 196 valence electrons. The molecule has 0 amide bonds. The first-order valence-electron chi connectivity index (χ1n) is 12.8. The molecule has 3 aromatic rings. The van der Waals surface area contributed by atoms with Crippen molar-refractivity contribution in [3.05, 3.63) is 91.0 Å². The van der Waals surface area contributed by atoms with E-state index in [2.05, 4.69) is 70.3 Å². The third-order valence-electron chi connectivity index (χ3n) is 7.35. The number of benzene rings is 3. The summed E-state index contributed by atoms with van der Waals surface area (Å²) in [4.78, 5) is 26.3. The Labute approximate surface area is 223 Å². The second-order valence-corrected chi connectivity index (χ2v) is 19.2. The SMILES string of the molecule is COC(=O)C[C@H](CC(=O)C[P+](c1ccccc1)(c1ccccc1)c1ccccc1)O[Si](C)(C)C(C)(C)C. The lowest BCUT2D eigenvalue weighted by Crippen LogP contribution is -2.45. The van der Waals surface area contributed by atoms with E-state index in [0.717, 1.165) is 15.9 Å². The molecular formula is C31H40O4PSi+. The molecule has 0 radical (unpaired) electrons. The Bertz CT molecular complexity index is 1060. The van der Waals surface area contributed by atoms with Crippen molar-refractivity contribution in [1.82, 2.24) is 0 Å². The van der Waals surface area contributed by atoms with E-state index in [1.54, 1.807) is 0 Å². The summed E-state index contributed by atoms with van der Waals surface area (Å²) in [6.07, 6.45) is 0.104. The number of ether oxygens (including phenoxy) is 1. The van der Waals surface area contributed by atoms with Gasteiger partial charge in [-0.25, -0.2) is 0 Å². The number of Topliss-reactive ketones (excluding diaryl/α,β-unsaturated/α-hetero) is 1. The molecule has 0 aromatic heterocycles. The van der Waals surface area contributed by atoms with Crippen molar-refractivity contribution in [2.75, 3.05) is 13.3 Å². The van der Waals surface area contributed by atoms with Crippen molar-refractivity contribution in [3.63, 3.8) is 0 Å².